The third-order valence-electron chi connectivity index (χ3n) is 3.74. The average Bonchev–Trinajstić information content (AvgIpc) is 2.91. The van der Waals surface area contributed by atoms with Crippen LogP contribution in [0.3, 0.4) is 0 Å². The lowest BCUT2D eigenvalue weighted by Gasteiger charge is -2.21. The number of hydrogen-bond acceptors (Lipinski definition) is 2. The van der Waals surface area contributed by atoms with Crippen LogP contribution in [0.1, 0.15) is 48.1 Å². The minimum atomic E-state index is -1.28. The largest absolute Gasteiger partial charge is 0.476 e. The van der Waals surface area contributed by atoms with Crippen LogP contribution in [0.15, 0.2) is 24.2 Å². The molecule has 3 rings (SSSR count). The van der Waals surface area contributed by atoms with Gasteiger partial charge < -0.3 is 5.11 Å². The molecule has 1 aliphatic carbocycles. The van der Waals surface area contributed by atoms with Crippen LogP contribution >= 0.6 is 0 Å². The van der Waals surface area contributed by atoms with Gasteiger partial charge in [0, 0.05) is 11.9 Å². The molecular weight excluding hydrogens is 240 g/mol. The highest BCUT2D eigenvalue weighted by Crippen LogP contribution is 2.27. The van der Waals surface area contributed by atoms with E-state index >= 15 is 0 Å². The molecule has 2 aromatic rings. The molecule has 100 valence electrons. The summed E-state index contributed by atoms with van der Waals surface area (Å²) in [5.74, 6) is -0.908. The summed E-state index contributed by atoms with van der Waals surface area (Å²) in [5, 5.41) is 13.4. The molecule has 1 heterocycles. The molecule has 0 amide bonds. The van der Waals surface area contributed by atoms with Crippen molar-refractivity contribution >= 4 is 16.9 Å². The van der Waals surface area contributed by atoms with Crippen molar-refractivity contribution in [3.63, 3.8) is 0 Å². The van der Waals surface area contributed by atoms with E-state index in [1.54, 1.807) is 0 Å². The minimum absolute atomic E-state index is 0.000639. The van der Waals surface area contributed by atoms with E-state index in [0.717, 1.165) is 25.7 Å². The Morgan fingerprint density at radius 2 is 2.11 bits per heavy atom. The summed E-state index contributed by atoms with van der Waals surface area (Å²) in [7, 11) is 0. The highest BCUT2D eigenvalue weighted by Gasteiger charge is 2.19. The Labute approximate surface area is 117 Å². The third kappa shape index (κ3) is 2.35. The first-order chi connectivity index (χ1) is 10.9. The second-order valence-electron chi connectivity index (χ2n) is 5.06. The van der Waals surface area contributed by atoms with Crippen LogP contribution in [-0.4, -0.2) is 20.9 Å². The molecule has 0 bridgehead atoms. The molecule has 0 atom stereocenters. The van der Waals surface area contributed by atoms with Crippen molar-refractivity contribution in [2.24, 2.45) is 5.92 Å². The van der Waals surface area contributed by atoms with Crippen molar-refractivity contribution < 1.29 is 15.4 Å². The van der Waals surface area contributed by atoms with E-state index in [4.69, 9.17) is 5.48 Å². The predicted molar refractivity (Wildman–Crippen MR) is 73.3 cm³/mol. The minimum Gasteiger partial charge on any atom is -0.476 e. The van der Waals surface area contributed by atoms with Gasteiger partial charge in [-0.15, -0.1) is 0 Å². The van der Waals surface area contributed by atoms with Crippen LogP contribution in [0.25, 0.3) is 10.9 Å². The molecule has 4 heteroatoms. The second-order valence-corrected chi connectivity index (χ2v) is 5.06. The first kappa shape index (κ1) is 8.35. The summed E-state index contributed by atoms with van der Waals surface area (Å²) >= 11 is 0. The van der Waals surface area contributed by atoms with Crippen LogP contribution in [0.4, 0.5) is 0 Å². The van der Waals surface area contributed by atoms with Gasteiger partial charge in [-0.1, -0.05) is 37.4 Å². The van der Waals surface area contributed by atoms with Crippen molar-refractivity contribution in [3.8, 4) is 0 Å². The SMILES string of the molecule is [2H]c1c([2H])c([2H])c2c(c(C(=O)O)nn2CC2CCCCC2)c1[2H]. The monoisotopic (exact) mass is 262 g/mol. The van der Waals surface area contributed by atoms with Crippen LogP contribution in [-0.2, 0) is 6.54 Å². The maximum Gasteiger partial charge on any atom is 0.357 e. The number of carbonyl (C=O) groups is 1. The number of aromatic nitrogens is 2. The number of para-hydroxylation sites is 1. The van der Waals surface area contributed by atoms with Crippen molar-refractivity contribution in [2.75, 3.05) is 0 Å². The number of hydrogen-bond donors (Lipinski definition) is 1. The summed E-state index contributed by atoms with van der Waals surface area (Å²) in [4.78, 5) is 11.5. The third-order valence-corrected chi connectivity index (χ3v) is 3.74. The Bertz CT molecular complexity index is 782. The normalized spacial score (nSPS) is 19.8. The van der Waals surface area contributed by atoms with Gasteiger partial charge in [0.2, 0.25) is 0 Å². The van der Waals surface area contributed by atoms with Crippen molar-refractivity contribution in [3.05, 3.63) is 29.9 Å². The van der Waals surface area contributed by atoms with E-state index in [1.807, 2.05) is 0 Å². The van der Waals surface area contributed by atoms with Crippen molar-refractivity contribution in [1.82, 2.24) is 9.78 Å². The van der Waals surface area contributed by atoms with Crippen LogP contribution < -0.4 is 0 Å². The fourth-order valence-electron chi connectivity index (χ4n) is 2.79. The quantitative estimate of drug-likeness (QED) is 0.923. The molecule has 0 aliphatic heterocycles. The topological polar surface area (TPSA) is 55.1 Å². The molecule has 0 spiro atoms. The number of nitrogens with zero attached hydrogens (tertiary/aromatic N) is 2. The molecule has 19 heavy (non-hydrogen) atoms. The smallest absolute Gasteiger partial charge is 0.357 e. The fourth-order valence-corrected chi connectivity index (χ4v) is 2.79. The van der Waals surface area contributed by atoms with Gasteiger partial charge in [0.15, 0.2) is 5.69 Å². The van der Waals surface area contributed by atoms with Crippen molar-refractivity contribution in [1.29, 1.82) is 0 Å². The van der Waals surface area contributed by atoms with Crippen molar-refractivity contribution in [2.45, 2.75) is 38.6 Å². The van der Waals surface area contributed by atoms with E-state index in [0.29, 0.717) is 12.5 Å². The van der Waals surface area contributed by atoms with Crippen LogP contribution in [0.2, 0.25) is 0 Å². The van der Waals surface area contributed by atoms with Gasteiger partial charge in [-0.05, 0) is 24.8 Å². The van der Waals surface area contributed by atoms with Gasteiger partial charge in [0.1, 0.15) is 0 Å². The maximum absolute atomic E-state index is 11.5. The molecule has 1 aromatic carbocycles. The predicted octanol–water partition coefficient (Wildman–Crippen LogP) is 3.31. The van der Waals surface area contributed by atoms with Gasteiger partial charge in [-0.3, -0.25) is 4.68 Å². The number of aromatic carboxylic acids is 1. The van der Waals surface area contributed by atoms with E-state index < -0.39 is 12.0 Å². The first-order valence-corrected chi connectivity index (χ1v) is 6.62. The molecule has 1 aromatic heterocycles. The number of fused-ring (bicyclic) bond motifs is 1. The Morgan fingerprint density at radius 3 is 2.84 bits per heavy atom. The number of carboxylic acids is 1. The molecule has 0 unspecified atom stereocenters. The number of rotatable bonds is 3. The Hall–Kier alpha value is -1.84. The highest BCUT2D eigenvalue weighted by molar-refractivity contribution is 6.01. The summed E-state index contributed by atoms with van der Waals surface area (Å²) < 4.78 is 33.1. The van der Waals surface area contributed by atoms with E-state index in [9.17, 15) is 9.90 Å². The molecular formula is C15H18N2O2. The fraction of sp³-hybridized carbons (Fsp3) is 0.467. The van der Waals surface area contributed by atoms with Crippen LogP contribution in [0.5, 0.6) is 0 Å². The second kappa shape index (κ2) is 5.03. The summed E-state index contributed by atoms with van der Waals surface area (Å²) in [5.41, 5.74) is -0.109. The Morgan fingerprint density at radius 1 is 1.37 bits per heavy atom. The Kier molecular flexibility index (Phi) is 2.21. The molecule has 0 saturated heterocycles. The average molecular weight is 262 g/mol. The maximum atomic E-state index is 11.5. The van der Waals surface area contributed by atoms with Gasteiger partial charge >= 0.3 is 5.97 Å². The summed E-state index contributed by atoms with van der Waals surface area (Å²) in [6.07, 6.45) is 5.54. The van der Waals surface area contributed by atoms with Gasteiger partial charge in [0.25, 0.3) is 0 Å². The lowest BCUT2D eigenvalue weighted by molar-refractivity contribution is 0.0691. The van der Waals surface area contributed by atoms with Gasteiger partial charge in [0.05, 0.1) is 11.0 Å². The standard InChI is InChI=1S/C15H18N2O2/c18-15(19)14-12-8-4-5-9-13(12)17(16-14)10-11-6-2-1-3-7-11/h4-5,8-9,11H,1-3,6-7,10H2,(H,18,19)/i4D,5D,8D,9D. The lowest BCUT2D eigenvalue weighted by Crippen LogP contribution is -2.15. The zero-order valence-electron chi connectivity index (χ0n) is 14.6. The number of benzene rings is 1. The highest BCUT2D eigenvalue weighted by atomic mass is 16.4. The summed E-state index contributed by atoms with van der Waals surface area (Å²) in [6.45, 7) is 0.492. The Balaban J connectivity index is 2.19. The van der Waals surface area contributed by atoms with Gasteiger partial charge in [-0.25, -0.2) is 4.79 Å². The summed E-state index contributed by atoms with van der Waals surface area (Å²) in [6, 6.07) is -1.35. The van der Waals surface area contributed by atoms with E-state index in [1.165, 1.54) is 11.1 Å². The molecule has 1 aliphatic rings. The molecule has 1 saturated carbocycles. The molecule has 4 nitrogen and oxygen atoms in total. The molecule has 1 N–H and O–H groups in total. The molecule has 1 fully saturated rings. The zero-order valence-corrected chi connectivity index (χ0v) is 10.6. The van der Waals surface area contributed by atoms with Gasteiger partial charge in [-0.2, -0.15) is 5.10 Å². The zero-order chi connectivity index (χ0) is 16.7. The van der Waals surface area contributed by atoms with Crippen LogP contribution in [0, 0.1) is 5.92 Å². The first-order valence-electron chi connectivity index (χ1n) is 8.62. The van der Waals surface area contributed by atoms with E-state index in [2.05, 4.69) is 5.10 Å². The number of carboxylic acid groups (broad SMARTS) is 1. The van der Waals surface area contributed by atoms with E-state index in [-0.39, 0.29) is 34.7 Å². The lowest BCUT2D eigenvalue weighted by atomic mass is 9.89. The molecule has 0 radical (unpaired) electrons.